The van der Waals surface area contributed by atoms with Gasteiger partial charge in [-0.05, 0) is 40.7 Å². The molecule has 3 nitrogen and oxygen atoms in total. The molecule has 3 heteroatoms. The van der Waals surface area contributed by atoms with Crippen molar-refractivity contribution in [2.75, 3.05) is 13.7 Å². The predicted octanol–water partition coefficient (Wildman–Crippen LogP) is 2.45. The first-order valence-corrected chi connectivity index (χ1v) is 5.80. The summed E-state index contributed by atoms with van der Waals surface area (Å²) in [7, 11) is 1.99. The van der Waals surface area contributed by atoms with E-state index in [1.54, 1.807) is 0 Å². The third-order valence-corrected chi connectivity index (χ3v) is 3.23. The van der Waals surface area contributed by atoms with Gasteiger partial charge in [0, 0.05) is 5.54 Å². The maximum atomic E-state index is 11.7. The van der Waals surface area contributed by atoms with Gasteiger partial charge in [0.05, 0.1) is 6.61 Å². The molecule has 0 saturated carbocycles. The fourth-order valence-corrected chi connectivity index (χ4v) is 1.51. The summed E-state index contributed by atoms with van der Waals surface area (Å²) in [5.74, 6) is -0.107. The topological polar surface area (TPSA) is 29.5 Å². The normalized spacial score (nSPS) is 14.1. The Labute approximate surface area is 93.8 Å². The lowest BCUT2D eigenvalue weighted by molar-refractivity contribution is -0.151. The first kappa shape index (κ1) is 14.4. The van der Waals surface area contributed by atoms with Crippen LogP contribution in [0, 0.1) is 0 Å². The zero-order valence-corrected chi connectivity index (χ0v) is 11.0. The average Bonchev–Trinajstić information content (AvgIpc) is 2.19. The zero-order chi connectivity index (χ0) is 12.1. The number of carbonyl (C=O) groups is 1. The van der Waals surface area contributed by atoms with Crippen molar-refractivity contribution in [1.29, 1.82) is 0 Å². The number of rotatable bonds is 6. The van der Waals surface area contributed by atoms with Crippen LogP contribution in [0.25, 0.3) is 0 Å². The molecule has 0 aliphatic rings. The SMILES string of the molecule is CCOC(=O)C(CC)N(C)C(C)(C)CC. The highest BCUT2D eigenvalue weighted by Gasteiger charge is 2.31. The monoisotopic (exact) mass is 215 g/mol. The molecule has 0 fully saturated rings. The molecule has 0 heterocycles. The third-order valence-electron chi connectivity index (χ3n) is 3.23. The maximum Gasteiger partial charge on any atom is 0.323 e. The molecule has 90 valence electrons. The van der Waals surface area contributed by atoms with Gasteiger partial charge < -0.3 is 4.74 Å². The highest BCUT2D eigenvalue weighted by molar-refractivity contribution is 5.75. The van der Waals surface area contributed by atoms with Crippen molar-refractivity contribution in [2.45, 2.75) is 59.0 Å². The van der Waals surface area contributed by atoms with Crippen LogP contribution in [-0.2, 0) is 9.53 Å². The Morgan fingerprint density at radius 3 is 2.20 bits per heavy atom. The van der Waals surface area contributed by atoms with Crippen molar-refractivity contribution in [2.24, 2.45) is 0 Å². The van der Waals surface area contributed by atoms with E-state index in [1.165, 1.54) is 0 Å². The second kappa shape index (κ2) is 6.11. The highest BCUT2D eigenvalue weighted by Crippen LogP contribution is 2.21. The summed E-state index contributed by atoms with van der Waals surface area (Å²) in [4.78, 5) is 13.8. The van der Waals surface area contributed by atoms with E-state index in [0.717, 1.165) is 12.8 Å². The molecule has 1 atom stereocenters. The van der Waals surface area contributed by atoms with Crippen LogP contribution in [0.2, 0.25) is 0 Å². The van der Waals surface area contributed by atoms with Crippen molar-refractivity contribution in [3.63, 3.8) is 0 Å². The quantitative estimate of drug-likeness (QED) is 0.637. The second-order valence-electron chi connectivity index (χ2n) is 4.45. The van der Waals surface area contributed by atoms with E-state index in [0.29, 0.717) is 6.61 Å². The Morgan fingerprint density at radius 1 is 1.33 bits per heavy atom. The van der Waals surface area contributed by atoms with Crippen molar-refractivity contribution in [3.05, 3.63) is 0 Å². The first-order chi connectivity index (χ1) is 6.90. The molecule has 15 heavy (non-hydrogen) atoms. The minimum atomic E-state index is -0.125. The molecule has 1 unspecified atom stereocenters. The number of esters is 1. The van der Waals surface area contributed by atoms with Crippen LogP contribution in [0.4, 0.5) is 0 Å². The number of nitrogens with zero attached hydrogens (tertiary/aromatic N) is 1. The number of hydrogen-bond donors (Lipinski definition) is 0. The van der Waals surface area contributed by atoms with Gasteiger partial charge in [0.15, 0.2) is 0 Å². The molecule has 0 aliphatic heterocycles. The molecule has 0 saturated heterocycles. The van der Waals surface area contributed by atoms with Crippen LogP contribution in [0.3, 0.4) is 0 Å². The molecule has 0 radical (unpaired) electrons. The summed E-state index contributed by atoms with van der Waals surface area (Å²) in [6, 6.07) is -0.125. The molecule has 0 rings (SSSR count). The van der Waals surface area contributed by atoms with Crippen molar-refractivity contribution >= 4 is 5.97 Å². The van der Waals surface area contributed by atoms with Crippen LogP contribution in [0.15, 0.2) is 0 Å². The maximum absolute atomic E-state index is 11.7. The number of ether oxygens (including phenoxy) is 1. The Bertz CT molecular complexity index is 202. The molecule has 0 amide bonds. The van der Waals surface area contributed by atoms with Crippen LogP contribution in [0.5, 0.6) is 0 Å². The van der Waals surface area contributed by atoms with E-state index in [4.69, 9.17) is 4.74 Å². The van der Waals surface area contributed by atoms with Gasteiger partial charge in [-0.3, -0.25) is 9.69 Å². The second-order valence-corrected chi connectivity index (χ2v) is 4.45. The molecule has 0 aromatic heterocycles. The fraction of sp³-hybridized carbons (Fsp3) is 0.917. The summed E-state index contributed by atoms with van der Waals surface area (Å²) < 4.78 is 5.08. The van der Waals surface area contributed by atoms with Crippen LogP contribution in [0.1, 0.15) is 47.5 Å². The van der Waals surface area contributed by atoms with Crippen LogP contribution >= 0.6 is 0 Å². The molecule has 0 aromatic carbocycles. The molecule has 0 bridgehead atoms. The molecule has 0 spiro atoms. The van der Waals surface area contributed by atoms with Gasteiger partial charge >= 0.3 is 5.97 Å². The first-order valence-electron chi connectivity index (χ1n) is 5.80. The van der Waals surface area contributed by atoms with Gasteiger partial charge in [0.1, 0.15) is 6.04 Å². The molecular weight excluding hydrogens is 190 g/mol. The Balaban J connectivity index is 4.60. The summed E-state index contributed by atoms with van der Waals surface area (Å²) in [5.41, 5.74) is 0.0352. The van der Waals surface area contributed by atoms with E-state index in [2.05, 4.69) is 25.7 Å². The smallest absolute Gasteiger partial charge is 0.323 e. The van der Waals surface area contributed by atoms with E-state index in [-0.39, 0.29) is 17.6 Å². The lowest BCUT2D eigenvalue weighted by atomic mass is 9.97. The lowest BCUT2D eigenvalue weighted by Gasteiger charge is -2.39. The standard InChI is InChI=1S/C12H25NO2/c1-7-10(11(14)15-9-3)13(6)12(4,5)8-2/h10H,7-9H2,1-6H3. The summed E-state index contributed by atoms with van der Waals surface area (Å²) in [6.07, 6.45) is 1.80. The number of likely N-dealkylation sites (N-methyl/N-ethyl adjacent to an activating group) is 1. The van der Waals surface area contributed by atoms with Gasteiger partial charge in [0.25, 0.3) is 0 Å². The highest BCUT2D eigenvalue weighted by atomic mass is 16.5. The fourth-order valence-electron chi connectivity index (χ4n) is 1.51. The largest absolute Gasteiger partial charge is 0.465 e. The van der Waals surface area contributed by atoms with Gasteiger partial charge in [-0.2, -0.15) is 0 Å². The van der Waals surface area contributed by atoms with Crippen molar-refractivity contribution < 1.29 is 9.53 Å². The predicted molar refractivity (Wildman–Crippen MR) is 62.8 cm³/mol. The zero-order valence-electron chi connectivity index (χ0n) is 11.0. The van der Waals surface area contributed by atoms with Crippen molar-refractivity contribution in [1.82, 2.24) is 4.90 Å². The van der Waals surface area contributed by atoms with Gasteiger partial charge in [-0.15, -0.1) is 0 Å². The molecule has 0 N–H and O–H groups in total. The van der Waals surface area contributed by atoms with Gasteiger partial charge in [-0.1, -0.05) is 13.8 Å². The molecule has 0 aliphatic carbocycles. The summed E-state index contributed by atoms with van der Waals surface area (Å²) in [5, 5.41) is 0. The van der Waals surface area contributed by atoms with Gasteiger partial charge in [-0.25, -0.2) is 0 Å². The third kappa shape index (κ3) is 3.82. The Morgan fingerprint density at radius 2 is 1.87 bits per heavy atom. The molecule has 0 aromatic rings. The minimum Gasteiger partial charge on any atom is -0.465 e. The minimum absolute atomic E-state index is 0.0352. The van der Waals surface area contributed by atoms with Gasteiger partial charge in [0.2, 0.25) is 0 Å². The number of hydrogen-bond acceptors (Lipinski definition) is 3. The molecular formula is C12H25NO2. The summed E-state index contributed by atoms with van der Waals surface area (Å²) in [6.45, 7) is 10.7. The number of carbonyl (C=O) groups excluding carboxylic acids is 1. The Hall–Kier alpha value is -0.570. The van der Waals surface area contributed by atoms with E-state index in [9.17, 15) is 4.79 Å². The summed E-state index contributed by atoms with van der Waals surface area (Å²) >= 11 is 0. The average molecular weight is 215 g/mol. The van der Waals surface area contributed by atoms with Crippen molar-refractivity contribution in [3.8, 4) is 0 Å². The van der Waals surface area contributed by atoms with E-state index >= 15 is 0 Å². The van der Waals surface area contributed by atoms with E-state index in [1.807, 2.05) is 20.9 Å². The lowest BCUT2D eigenvalue weighted by Crippen LogP contribution is -2.50. The van der Waals surface area contributed by atoms with Crippen LogP contribution < -0.4 is 0 Å². The Kier molecular flexibility index (Phi) is 5.88. The van der Waals surface area contributed by atoms with E-state index < -0.39 is 0 Å². The van der Waals surface area contributed by atoms with Crippen LogP contribution in [-0.4, -0.2) is 36.1 Å².